The van der Waals surface area contributed by atoms with Gasteiger partial charge in [-0.05, 0) is 51.7 Å². The summed E-state index contributed by atoms with van der Waals surface area (Å²) in [5.41, 5.74) is 2.59. The number of rotatable bonds is 2. The second-order valence-corrected chi connectivity index (χ2v) is 6.59. The maximum atomic E-state index is 12.4. The molecular formula is C17H16BrNO3. The van der Waals surface area contributed by atoms with Crippen molar-refractivity contribution in [1.29, 1.82) is 0 Å². The van der Waals surface area contributed by atoms with Crippen molar-refractivity contribution >= 4 is 21.8 Å². The van der Waals surface area contributed by atoms with Gasteiger partial charge in [0.05, 0.1) is 6.61 Å². The van der Waals surface area contributed by atoms with Crippen LogP contribution in [0, 0.1) is 0 Å². The molecule has 1 amide bonds. The van der Waals surface area contributed by atoms with Gasteiger partial charge in [0.2, 0.25) is 0 Å². The highest BCUT2D eigenvalue weighted by Gasteiger charge is 2.30. The van der Waals surface area contributed by atoms with E-state index in [9.17, 15) is 4.79 Å². The van der Waals surface area contributed by atoms with Gasteiger partial charge in [-0.1, -0.05) is 12.1 Å². The molecule has 1 aromatic carbocycles. The summed E-state index contributed by atoms with van der Waals surface area (Å²) in [4.78, 5) is 14.3. The summed E-state index contributed by atoms with van der Waals surface area (Å²) in [6.07, 6.45) is 1.98. The van der Waals surface area contributed by atoms with Crippen molar-refractivity contribution in [2.24, 2.45) is 0 Å². The van der Waals surface area contributed by atoms with Gasteiger partial charge in [0.1, 0.15) is 5.75 Å². The highest BCUT2D eigenvalue weighted by atomic mass is 79.9. The third-order valence-electron chi connectivity index (χ3n) is 4.44. The molecule has 1 atom stereocenters. The fourth-order valence-corrected chi connectivity index (χ4v) is 3.57. The lowest BCUT2D eigenvalue weighted by molar-refractivity contribution is 0.0758. The highest BCUT2D eigenvalue weighted by molar-refractivity contribution is 9.10. The van der Waals surface area contributed by atoms with Crippen molar-refractivity contribution in [1.82, 2.24) is 4.90 Å². The third-order valence-corrected chi connectivity index (χ3v) is 4.87. The molecule has 114 valence electrons. The van der Waals surface area contributed by atoms with E-state index in [2.05, 4.69) is 34.1 Å². The summed E-state index contributed by atoms with van der Waals surface area (Å²) in [7, 11) is 0. The standard InChI is InChI=1S/C17H16BrNO3/c18-16-4-3-15(22-16)17(20)19-7-5-13(10-19)11-1-2-14-12(9-11)6-8-21-14/h1-4,9,13H,5-8,10H2/t13-/m0/s1. The van der Waals surface area contributed by atoms with Gasteiger partial charge in [-0.25, -0.2) is 0 Å². The minimum atomic E-state index is -0.0299. The Kier molecular flexibility index (Phi) is 3.45. The molecule has 0 unspecified atom stereocenters. The van der Waals surface area contributed by atoms with E-state index in [1.807, 2.05) is 4.90 Å². The van der Waals surface area contributed by atoms with Crippen LogP contribution in [0.1, 0.15) is 34.0 Å². The van der Waals surface area contributed by atoms with Gasteiger partial charge >= 0.3 is 0 Å². The average molecular weight is 362 g/mol. The van der Waals surface area contributed by atoms with Gasteiger partial charge in [-0.15, -0.1) is 0 Å². The summed E-state index contributed by atoms with van der Waals surface area (Å²) in [5, 5.41) is 0. The number of hydrogen-bond acceptors (Lipinski definition) is 3. The normalized spacial score (nSPS) is 20.0. The van der Waals surface area contributed by atoms with Crippen LogP contribution in [0.3, 0.4) is 0 Å². The van der Waals surface area contributed by atoms with Crippen molar-refractivity contribution in [3.05, 3.63) is 51.9 Å². The Balaban J connectivity index is 1.49. The average Bonchev–Trinajstić information content (AvgIpc) is 3.25. The Morgan fingerprint density at radius 3 is 3.00 bits per heavy atom. The summed E-state index contributed by atoms with van der Waals surface area (Å²) < 4.78 is 11.5. The third kappa shape index (κ3) is 2.43. The van der Waals surface area contributed by atoms with E-state index in [0.717, 1.165) is 38.3 Å². The molecule has 22 heavy (non-hydrogen) atoms. The lowest BCUT2D eigenvalue weighted by Gasteiger charge is -2.15. The van der Waals surface area contributed by atoms with Gasteiger partial charge in [0, 0.05) is 25.4 Å². The number of halogens is 1. The largest absolute Gasteiger partial charge is 0.493 e. The molecular weight excluding hydrogens is 346 g/mol. The monoisotopic (exact) mass is 361 g/mol. The van der Waals surface area contributed by atoms with E-state index >= 15 is 0 Å². The van der Waals surface area contributed by atoms with E-state index in [1.54, 1.807) is 12.1 Å². The van der Waals surface area contributed by atoms with Crippen LogP contribution >= 0.6 is 15.9 Å². The lowest BCUT2D eigenvalue weighted by atomic mass is 9.96. The molecule has 0 saturated carbocycles. The van der Waals surface area contributed by atoms with Crippen molar-refractivity contribution in [3.63, 3.8) is 0 Å². The first-order valence-electron chi connectivity index (χ1n) is 7.51. The van der Waals surface area contributed by atoms with Crippen LogP contribution in [0.15, 0.2) is 39.4 Å². The van der Waals surface area contributed by atoms with Crippen LogP contribution < -0.4 is 4.74 Å². The first kappa shape index (κ1) is 13.9. The molecule has 1 aromatic heterocycles. The van der Waals surface area contributed by atoms with Crippen LogP contribution in [0.5, 0.6) is 5.75 Å². The molecule has 4 nitrogen and oxygen atoms in total. The zero-order chi connectivity index (χ0) is 15.1. The molecule has 4 rings (SSSR count). The predicted molar refractivity (Wildman–Crippen MR) is 85.3 cm³/mol. The minimum absolute atomic E-state index is 0.0299. The van der Waals surface area contributed by atoms with E-state index in [1.165, 1.54) is 11.1 Å². The second-order valence-electron chi connectivity index (χ2n) is 5.81. The van der Waals surface area contributed by atoms with E-state index in [4.69, 9.17) is 9.15 Å². The maximum absolute atomic E-state index is 12.4. The number of fused-ring (bicyclic) bond motifs is 1. The van der Waals surface area contributed by atoms with Crippen LogP contribution in [0.2, 0.25) is 0 Å². The molecule has 1 saturated heterocycles. The highest BCUT2D eigenvalue weighted by Crippen LogP contribution is 2.33. The van der Waals surface area contributed by atoms with Gasteiger partial charge in [-0.3, -0.25) is 4.79 Å². The Morgan fingerprint density at radius 2 is 2.18 bits per heavy atom. The van der Waals surface area contributed by atoms with Gasteiger partial charge < -0.3 is 14.1 Å². The summed E-state index contributed by atoms with van der Waals surface area (Å²) >= 11 is 3.24. The number of ether oxygens (including phenoxy) is 1. The van der Waals surface area contributed by atoms with Crippen LogP contribution in [-0.2, 0) is 6.42 Å². The first-order valence-corrected chi connectivity index (χ1v) is 8.30. The molecule has 0 bridgehead atoms. The van der Waals surface area contributed by atoms with Gasteiger partial charge in [-0.2, -0.15) is 0 Å². The molecule has 2 aromatic rings. The summed E-state index contributed by atoms with van der Waals surface area (Å²) in [5.74, 6) is 1.77. The Hall–Kier alpha value is -1.75. The van der Waals surface area contributed by atoms with Crippen LogP contribution in [0.25, 0.3) is 0 Å². The lowest BCUT2D eigenvalue weighted by Crippen LogP contribution is -2.28. The number of amides is 1. The Labute approximate surface area is 137 Å². The zero-order valence-corrected chi connectivity index (χ0v) is 13.6. The van der Waals surface area contributed by atoms with Gasteiger partial charge in [0.25, 0.3) is 5.91 Å². The van der Waals surface area contributed by atoms with Crippen molar-refractivity contribution in [2.75, 3.05) is 19.7 Å². The van der Waals surface area contributed by atoms with Crippen LogP contribution in [-0.4, -0.2) is 30.5 Å². The fourth-order valence-electron chi connectivity index (χ4n) is 3.26. The molecule has 5 heteroatoms. The fraction of sp³-hybridized carbons (Fsp3) is 0.353. The number of nitrogens with zero attached hydrogens (tertiary/aromatic N) is 1. The topological polar surface area (TPSA) is 42.7 Å². The predicted octanol–water partition coefficient (Wildman–Crippen LogP) is 3.61. The smallest absolute Gasteiger partial charge is 0.289 e. The number of carbonyl (C=O) groups excluding carboxylic acids is 1. The van der Waals surface area contributed by atoms with Crippen LogP contribution in [0.4, 0.5) is 0 Å². The number of likely N-dealkylation sites (tertiary alicyclic amines) is 1. The number of furan rings is 1. The van der Waals surface area contributed by atoms with E-state index in [0.29, 0.717) is 16.3 Å². The summed E-state index contributed by atoms with van der Waals surface area (Å²) in [6.45, 7) is 2.30. The number of hydrogen-bond donors (Lipinski definition) is 0. The summed E-state index contributed by atoms with van der Waals surface area (Å²) in [6, 6.07) is 9.90. The quantitative estimate of drug-likeness (QED) is 0.820. The van der Waals surface area contributed by atoms with Crippen molar-refractivity contribution < 1.29 is 13.9 Å². The van der Waals surface area contributed by atoms with E-state index < -0.39 is 0 Å². The van der Waals surface area contributed by atoms with Crippen molar-refractivity contribution in [2.45, 2.75) is 18.8 Å². The maximum Gasteiger partial charge on any atom is 0.289 e. The molecule has 2 aliphatic heterocycles. The minimum Gasteiger partial charge on any atom is -0.493 e. The molecule has 0 spiro atoms. The molecule has 0 aliphatic carbocycles. The number of benzene rings is 1. The van der Waals surface area contributed by atoms with Gasteiger partial charge in [0.15, 0.2) is 10.4 Å². The zero-order valence-electron chi connectivity index (χ0n) is 12.0. The molecule has 0 radical (unpaired) electrons. The first-order chi connectivity index (χ1) is 10.7. The van der Waals surface area contributed by atoms with Crippen molar-refractivity contribution in [3.8, 4) is 5.75 Å². The van der Waals surface area contributed by atoms with E-state index in [-0.39, 0.29) is 5.91 Å². The SMILES string of the molecule is O=C(c1ccc(Br)o1)N1CC[C@H](c2ccc3c(c2)CCO3)C1. The second kappa shape index (κ2) is 5.47. The Morgan fingerprint density at radius 1 is 1.27 bits per heavy atom. The molecule has 0 N–H and O–H groups in total. The molecule has 3 heterocycles. The Bertz CT molecular complexity index is 724. The molecule has 1 fully saturated rings. The number of carbonyl (C=O) groups is 1. The molecule has 2 aliphatic rings.